The minimum atomic E-state index is -0.0429. The van der Waals surface area contributed by atoms with Crippen molar-refractivity contribution < 1.29 is 4.79 Å². The first kappa shape index (κ1) is 12.4. The molecule has 1 amide bonds. The van der Waals surface area contributed by atoms with E-state index in [-0.39, 0.29) is 18.0 Å². The zero-order valence-corrected chi connectivity index (χ0v) is 11.3. The molecule has 1 aromatic heterocycles. The number of hydrogen-bond acceptors (Lipinski definition) is 3. The molecule has 2 heterocycles. The lowest BCUT2D eigenvalue weighted by Gasteiger charge is -2.27. The summed E-state index contributed by atoms with van der Waals surface area (Å²) in [5, 5.41) is 2.05. The molecule has 4 heteroatoms. The summed E-state index contributed by atoms with van der Waals surface area (Å²) < 4.78 is 0. The molecular weight excluding hydrogens is 256 g/mol. The van der Waals surface area contributed by atoms with E-state index in [0.29, 0.717) is 13.0 Å². The molecule has 98 valence electrons. The first-order valence-corrected chi connectivity index (χ1v) is 7.27. The number of carbonyl (C=O) groups excluding carboxylic acids is 1. The van der Waals surface area contributed by atoms with E-state index in [1.165, 1.54) is 4.88 Å². The molecule has 19 heavy (non-hydrogen) atoms. The first-order chi connectivity index (χ1) is 9.25. The van der Waals surface area contributed by atoms with Crippen LogP contribution in [0, 0.1) is 0 Å². The highest BCUT2D eigenvalue weighted by Crippen LogP contribution is 2.34. The summed E-state index contributed by atoms with van der Waals surface area (Å²) in [5.41, 5.74) is 7.07. The molecule has 2 N–H and O–H groups in total. The Morgan fingerprint density at radius 2 is 2.00 bits per heavy atom. The maximum absolute atomic E-state index is 12.1. The van der Waals surface area contributed by atoms with Gasteiger partial charge < -0.3 is 10.6 Å². The van der Waals surface area contributed by atoms with Crippen molar-refractivity contribution in [3.05, 3.63) is 58.3 Å². The van der Waals surface area contributed by atoms with E-state index in [1.807, 2.05) is 34.5 Å². The van der Waals surface area contributed by atoms with Gasteiger partial charge in [-0.3, -0.25) is 4.79 Å². The highest BCUT2D eigenvalue weighted by atomic mass is 32.1. The molecule has 3 rings (SSSR count). The van der Waals surface area contributed by atoms with Crippen LogP contribution in [-0.4, -0.2) is 23.4 Å². The molecule has 0 spiro atoms. The summed E-state index contributed by atoms with van der Waals surface area (Å²) in [5.74, 6) is 0.148. The Morgan fingerprint density at radius 3 is 2.58 bits per heavy atom. The number of thiophene rings is 1. The van der Waals surface area contributed by atoms with E-state index in [1.54, 1.807) is 11.3 Å². The van der Waals surface area contributed by atoms with Crippen LogP contribution in [0.15, 0.2) is 47.8 Å². The minimum absolute atomic E-state index is 0.00208. The van der Waals surface area contributed by atoms with Gasteiger partial charge in [-0.25, -0.2) is 0 Å². The molecule has 2 unspecified atom stereocenters. The van der Waals surface area contributed by atoms with E-state index in [4.69, 9.17) is 5.73 Å². The van der Waals surface area contributed by atoms with Gasteiger partial charge in [-0.2, -0.15) is 0 Å². The second kappa shape index (κ2) is 5.15. The molecule has 1 aliphatic heterocycles. The number of amides is 1. The van der Waals surface area contributed by atoms with E-state index in [9.17, 15) is 4.79 Å². The van der Waals surface area contributed by atoms with E-state index in [2.05, 4.69) is 18.2 Å². The summed E-state index contributed by atoms with van der Waals surface area (Å²) in [6.45, 7) is 0.635. The first-order valence-electron chi connectivity index (χ1n) is 6.39. The van der Waals surface area contributed by atoms with Gasteiger partial charge in [0.1, 0.15) is 0 Å². The van der Waals surface area contributed by atoms with Crippen LogP contribution in [0.5, 0.6) is 0 Å². The quantitative estimate of drug-likeness (QED) is 0.932. The Labute approximate surface area is 116 Å². The highest BCUT2D eigenvalue weighted by Gasteiger charge is 2.34. The number of nitrogens with zero attached hydrogens (tertiary/aromatic N) is 1. The van der Waals surface area contributed by atoms with Crippen LogP contribution in [0.2, 0.25) is 0 Å². The van der Waals surface area contributed by atoms with Crippen LogP contribution in [0.3, 0.4) is 0 Å². The average molecular weight is 272 g/mol. The summed E-state index contributed by atoms with van der Waals surface area (Å²) in [4.78, 5) is 15.2. The molecule has 2 aromatic rings. The fourth-order valence-corrected chi connectivity index (χ4v) is 3.45. The minimum Gasteiger partial charge on any atom is -0.329 e. The second-order valence-electron chi connectivity index (χ2n) is 4.84. The van der Waals surface area contributed by atoms with Gasteiger partial charge in [0.2, 0.25) is 5.91 Å². The highest BCUT2D eigenvalue weighted by molar-refractivity contribution is 7.10. The van der Waals surface area contributed by atoms with Crippen molar-refractivity contribution in [1.82, 2.24) is 4.90 Å². The van der Waals surface area contributed by atoms with Crippen LogP contribution in [0.4, 0.5) is 0 Å². The predicted octanol–water partition coefficient (Wildman–Crippen LogP) is 2.40. The van der Waals surface area contributed by atoms with E-state index < -0.39 is 0 Å². The maximum atomic E-state index is 12.1. The van der Waals surface area contributed by atoms with Crippen LogP contribution >= 0.6 is 11.3 Å². The average Bonchev–Trinajstić information content (AvgIpc) is 3.03. The van der Waals surface area contributed by atoms with Crippen molar-refractivity contribution >= 4 is 17.2 Å². The maximum Gasteiger partial charge on any atom is 0.225 e. The third-order valence-corrected chi connectivity index (χ3v) is 4.35. The van der Waals surface area contributed by atoms with Crippen LogP contribution in [0.1, 0.15) is 22.9 Å². The lowest BCUT2D eigenvalue weighted by Crippen LogP contribution is -2.32. The van der Waals surface area contributed by atoms with Gasteiger partial charge in [-0.05, 0) is 17.0 Å². The van der Waals surface area contributed by atoms with Gasteiger partial charge in [-0.15, -0.1) is 11.3 Å². The molecule has 0 saturated carbocycles. The number of benzene rings is 1. The Bertz CT molecular complexity index is 553. The monoisotopic (exact) mass is 272 g/mol. The SMILES string of the molecule is NC1CC(=O)N(C(c2ccccc2)c2cccs2)C1. The lowest BCUT2D eigenvalue weighted by atomic mass is 10.0. The third-order valence-electron chi connectivity index (χ3n) is 3.43. The summed E-state index contributed by atoms with van der Waals surface area (Å²) in [7, 11) is 0. The fraction of sp³-hybridized carbons (Fsp3) is 0.267. The Morgan fingerprint density at radius 1 is 1.21 bits per heavy atom. The summed E-state index contributed by atoms with van der Waals surface area (Å²) >= 11 is 1.68. The van der Waals surface area contributed by atoms with Gasteiger partial charge in [0.15, 0.2) is 0 Å². The molecule has 2 atom stereocenters. The lowest BCUT2D eigenvalue weighted by molar-refractivity contribution is -0.129. The van der Waals surface area contributed by atoms with Crippen LogP contribution in [0.25, 0.3) is 0 Å². The Kier molecular flexibility index (Phi) is 3.36. The van der Waals surface area contributed by atoms with Crippen molar-refractivity contribution in [1.29, 1.82) is 0 Å². The fourth-order valence-electron chi connectivity index (χ4n) is 2.59. The standard InChI is InChI=1S/C15H16N2OS/c16-12-9-14(18)17(10-12)15(13-7-4-8-19-13)11-5-2-1-3-6-11/h1-8,12,15H,9-10,16H2. The normalized spacial score (nSPS) is 20.8. The molecule has 1 aromatic carbocycles. The summed E-state index contributed by atoms with van der Waals surface area (Å²) in [6, 6.07) is 14.2. The predicted molar refractivity (Wildman–Crippen MR) is 76.9 cm³/mol. The zero-order chi connectivity index (χ0) is 13.2. The number of hydrogen-bond donors (Lipinski definition) is 1. The van der Waals surface area contributed by atoms with Crippen molar-refractivity contribution in [2.24, 2.45) is 5.73 Å². The molecule has 0 aliphatic carbocycles. The van der Waals surface area contributed by atoms with Gasteiger partial charge in [0.25, 0.3) is 0 Å². The van der Waals surface area contributed by atoms with Crippen LogP contribution < -0.4 is 5.73 Å². The van der Waals surface area contributed by atoms with Crippen molar-refractivity contribution in [2.45, 2.75) is 18.5 Å². The molecular formula is C15H16N2OS. The van der Waals surface area contributed by atoms with Gasteiger partial charge >= 0.3 is 0 Å². The van der Waals surface area contributed by atoms with E-state index >= 15 is 0 Å². The summed E-state index contributed by atoms with van der Waals surface area (Å²) in [6.07, 6.45) is 0.453. The van der Waals surface area contributed by atoms with Crippen molar-refractivity contribution in [3.63, 3.8) is 0 Å². The van der Waals surface area contributed by atoms with E-state index in [0.717, 1.165) is 5.56 Å². The zero-order valence-electron chi connectivity index (χ0n) is 10.5. The number of rotatable bonds is 3. The molecule has 1 aliphatic rings. The Balaban J connectivity index is 2.00. The molecule has 0 radical (unpaired) electrons. The van der Waals surface area contributed by atoms with Crippen molar-refractivity contribution in [3.8, 4) is 0 Å². The van der Waals surface area contributed by atoms with Crippen LogP contribution in [-0.2, 0) is 4.79 Å². The number of likely N-dealkylation sites (tertiary alicyclic amines) is 1. The van der Waals surface area contributed by atoms with Crippen molar-refractivity contribution in [2.75, 3.05) is 6.54 Å². The van der Waals surface area contributed by atoms with Gasteiger partial charge in [-0.1, -0.05) is 36.4 Å². The number of carbonyl (C=O) groups is 1. The molecule has 0 bridgehead atoms. The van der Waals surface area contributed by atoms with Gasteiger partial charge in [0.05, 0.1) is 6.04 Å². The Hall–Kier alpha value is -1.65. The molecule has 3 nitrogen and oxygen atoms in total. The largest absolute Gasteiger partial charge is 0.329 e. The topological polar surface area (TPSA) is 46.3 Å². The molecule has 1 saturated heterocycles. The second-order valence-corrected chi connectivity index (χ2v) is 5.82. The molecule has 1 fully saturated rings. The smallest absolute Gasteiger partial charge is 0.225 e. The van der Waals surface area contributed by atoms with Gasteiger partial charge in [0, 0.05) is 23.9 Å². The number of nitrogens with two attached hydrogens (primary N) is 1. The third kappa shape index (κ3) is 2.41.